The molecular formula is C13H22O3Si. The highest BCUT2D eigenvalue weighted by Crippen LogP contribution is 2.17. The fraction of sp³-hybridized carbons (Fsp3) is 0.538. The van der Waals surface area contributed by atoms with Crippen LogP contribution in [0.15, 0.2) is 30.3 Å². The summed E-state index contributed by atoms with van der Waals surface area (Å²) in [6, 6.07) is 10.7. The zero-order chi connectivity index (χ0) is 12.6. The largest absolute Gasteiger partial charge is 0.492 e. The van der Waals surface area contributed by atoms with E-state index in [-0.39, 0.29) is 0 Å². The van der Waals surface area contributed by atoms with Gasteiger partial charge in [-0.05, 0) is 32.0 Å². The molecule has 0 aromatic heterocycles. The maximum atomic E-state index is 5.83. The van der Waals surface area contributed by atoms with E-state index < -0.39 is 8.56 Å². The Morgan fingerprint density at radius 3 is 2.00 bits per heavy atom. The van der Waals surface area contributed by atoms with Crippen molar-refractivity contribution in [3.63, 3.8) is 0 Å². The first-order valence-electron chi connectivity index (χ1n) is 6.22. The lowest BCUT2D eigenvalue weighted by atomic mass is 10.3. The van der Waals surface area contributed by atoms with Gasteiger partial charge in [0.2, 0.25) is 0 Å². The number of rotatable bonds is 8. The van der Waals surface area contributed by atoms with Gasteiger partial charge in [-0.1, -0.05) is 25.1 Å². The smallest absolute Gasteiger partial charge is 0.376 e. The number of para-hydroxylation sites is 1. The summed E-state index contributed by atoms with van der Waals surface area (Å²) in [5.74, 6) is 0.872. The van der Waals surface area contributed by atoms with Crippen LogP contribution >= 0.6 is 0 Å². The van der Waals surface area contributed by atoms with Gasteiger partial charge in [0.25, 0.3) is 0 Å². The minimum absolute atomic E-state index is 0.551. The van der Waals surface area contributed by atoms with Crippen molar-refractivity contribution in [3.05, 3.63) is 30.3 Å². The van der Waals surface area contributed by atoms with E-state index in [1.165, 1.54) is 0 Å². The van der Waals surface area contributed by atoms with E-state index in [0.717, 1.165) is 11.8 Å². The molecule has 1 rings (SSSR count). The Balaban J connectivity index is 2.59. The van der Waals surface area contributed by atoms with Gasteiger partial charge in [-0.3, -0.25) is 0 Å². The van der Waals surface area contributed by atoms with Gasteiger partial charge in [0, 0.05) is 13.2 Å². The number of benzene rings is 1. The summed E-state index contributed by atoms with van der Waals surface area (Å²) in [4.78, 5) is 0. The highest BCUT2D eigenvalue weighted by Gasteiger charge is 2.36. The third-order valence-electron chi connectivity index (χ3n) is 2.56. The van der Waals surface area contributed by atoms with Crippen LogP contribution in [0.5, 0.6) is 5.75 Å². The lowest BCUT2D eigenvalue weighted by Crippen LogP contribution is -2.48. The first kappa shape index (κ1) is 14.2. The Labute approximate surface area is 105 Å². The standard InChI is InChI=1S/C13H22O3Si/c1-4-15-17(6-3,16-5-2)12-14-13-10-8-7-9-11-13/h7-11H,4-6,12H2,1-3H3. The molecule has 0 amide bonds. The summed E-state index contributed by atoms with van der Waals surface area (Å²) >= 11 is 0. The molecule has 0 fully saturated rings. The predicted molar refractivity (Wildman–Crippen MR) is 71.4 cm³/mol. The van der Waals surface area contributed by atoms with Crippen LogP contribution in [-0.4, -0.2) is 28.0 Å². The highest BCUT2D eigenvalue weighted by atomic mass is 28.4. The molecule has 0 aliphatic heterocycles. The van der Waals surface area contributed by atoms with E-state index in [9.17, 15) is 0 Å². The van der Waals surface area contributed by atoms with Gasteiger partial charge in [-0.2, -0.15) is 0 Å². The van der Waals surface area contributed by atoms with Crippen LogP contribution in [0.4, 0.5) is 0 Å². The molecule has 0 unspecified atom stereocenters. The topological polar surface area (TPSA) is 27.7 Å². The Morgan fingerprint density at radius 1 is 0.941 bits per heavy atom. The average Bonchev–Trinajstić information content (AvgIpc) is 2.38. The van der Waals surface area contributed by atoms with Gasteiger partial charge < -0.3 is 13.6 Å². The average molecular weight is 254 g/mol. The highest BCUT2D eigenvalue weighted by molar-refractivity contribution is 6.67. The minimum Gasteiger partial charge on any atom is -0.492 e. The maximum Gasteiger partial charge on any atom is 0.376 e. The van der Waals surface area contributed by atoms with E-state index in [2.05, 4.69) is 6.92 Å². The SMILES string of the molecule is CCO[Si](CC)(COc1ccccc1)OCC. The van der Waals surface area contributed by atoms with Gasteiger partial charge in [-0.15, -0.1) is 0 Å². The van der Waals surface area contributed by atoms with Crippen molar-refractivity contribution >= 4 is 8.56 Å². The summed E-state index contributed by atoms with van der Waals surface area (Å²) in [7, 11) is -2.17. The molecule has 17 heavy (non-hydrogen) atoms. The fourth-order valence-corrected chi connectivity index (χ4v) is 3.97. The van der Waals surface area contributed by atoms with Crippen LogP contribution in [0.25, 0.3) is 0 Å². The summed E-state index contributed by atoms with van der Waals surface area (Å²) in [5.41, 5.74) is 0. The molecule has 0 aliphatic rings. The molecule has 0 aliphatic carbocycles. The first-order valence-corrected chi connectivity index (χ1v) is 8.45. The van der Waals surface area contributed by atoms with Gasteiger partial charge in [-0.25, -0.2) is 0 Å². The third-order valence-corrected chi connectivity index (χ3v) is 5.85. The molecule has 0 bridgehead atoms. The van der Waals surface area contributed by atoms with Crippen LogP contribution in [0.1, 0.15) is 20.8 Å². The van der Waals surface area contributed by atoms with Gasteiger partial charge >= 0.3 is 8.56 Å². The van der Waals surface area contributed by atoms with Crippen molar-refractivity contribution in [2.75, 3.05) is 19.4 Å². The van der Waals surface area contributed by atoms with Crippen molar-refractivity contribution in [2.24, 2.45) is 0 Å². The zero-order valence-corrected chi connectivity index (χ0v) is 11.9. The van der Waals surface area contributed by atoms with Crippen molar-refractivity contribution in [2.45, 2.75) is 26.8 Å². The molecule has 0 saturated heterocycles. The molecule has 0 N–H and O–H groups in total. The normalized spacial score (nSPS) is 11.5. The fourth-order valence-electron chi connectivity index (χ4n) is 1.67. The van der Waals surface area contributed by atoms with Gasteiger partial charge in [0.05, 0.1) is 0 Å². The predicted octanol–water partition coefficient (Wildman–Crippen LogP) is 3.14. The molecule has 0 spiro atoms. The van der Waals surface area contributed by atoms with Crippen molar-refractivity contribution in [1.82, 2.24) is 0 Å². The van der Waals surface area contributed by atoms with Crippen LogP contribution < -0.4 is 4.74 Å². The molecule has 4 heteroatoms. The quantitative estimate of drug-likeness (QED) is 0.667. The number of ether oxygens (including phenoxy) is 1. The number of hydrogen-bond acceptors (Lipinski definition) is 3. The van der Waals surface area contributed by atoms with Crippen LogP contribution in [-0.2, 0) is 8.85 Å². The monoisotopic (exact) mass is 254 g/mol. The second-order valence-corrected chi connectivity index (χ2v) is 7.13. The Kier molecular flexibility index (Phi) is 6.25. The Morgan fingerprint density at radius 2 is 1.53 bits per heavy atom. The van der Waals surface area contributed by atoms with Crippen LogP contribution in [0.3, 0.4) is 0 Å². The van der Waals surface area contributed by atoms with Gasteiger partial charge in [0.15, 0.2) is 0 Å². The molecule has 0 radical (unpaired) electrons. The summed E-state index contributed by atoms with van der Waals surface area (Å²) in [6.45, 7) is 7.46. The third kappa shape index (κ3) is 4.50. The molecule has 1 aromatic rings. The van der Waals surface area contributed by atoms with E-state index in [0.29, 0.717) is 19.4 Å². The van der Waals surface area contributed by atoms with Crippen molar-refractivity contribution in [1.29, 1.82) is 0 Å². The van der Waals surface area contributed by atoms with Crippen molar-refractivity contribution < 1.29 is 13.6 Å². The van der Waals surface area contributed by atoms with E-state index >= 15 is 0 Å². The maximum absolute atomic E-state index is 5.83. The lowest BCUT2D eigenvalue weighted by molar-refractivity contribution is 0.159. The second-order valence-electron chi connectivity index (χ2n) is 3.73. The lowest BCUT2D eigenvalue weighted by Gasteiger charge is -2.28. The molecular weight excluding hydrogens is 232 g/mol. The molecule has 1 aromatic carbocycles. The Bertz CT molecular complexity index is 297. The van der Waals surface area contributed by atoms with E-state index in [4.69, 9.17) is 13.6 Å². The molecule has 0 atom stereocenters. The summed E-state index contributed by atoms with van der Waals surface area (Å²) in [5, 5.41) is 0. The molecule has 0 heterocycles. The summed E-state index contributed by atoms with van der Waals surface area (Å²) < 4.78 is 17.4. The second kappa shape index (κ2) is 7.48. The summed E-state index contributed by atoms with van der Waals surface area (Å²) in [6.07, 6.45) is 0.551. The van der Waals surface area contributed by atoms with Crippen molar-refractivity contribution in [3.8, 4) is 5.75 Å². The van der Waals surface area contributed by atoms with E-state index in [1.54, 1.807) is 0 Å². The minimum atomic E-state index is -2.17. The molecule has 3 nitrogen and oxygen atoms in total. The van der Waals surface area contributed by atoms with Crippen LogP contribution in [0.2, 0.25) is 6.04 Å². The van der Waals surface area contributed by atoms with Gasteiger partial charge in [0.1, 0.15) is 12.0 Å². The zero-order valence-electron chi connectivity index (χ0n) is 10.9. The van der Waals surface area contributed by atoms with Crippen LogP contribution in [0, 0.1) is 0 Å². The van der Waals surface area contributed by atoms with E-state index in [1.807, 2.05) is 44.2 Å². The Hall–Kier alpha value is -0.843. The molecule has 0 saturated carbocycles. The number of hydrogen-bond donors (Lipinski definition) is 0. The molecule has 96 valence electrons. The first-order chi connectivity index (χ1) is 8.26.